The molecule has 136 valence electrons. The van der Waals surface area contributed by atoms with E-state index in [0.717, 1.165) is 15.6 Å². The van der Waals surface area contributed by atoms with Crippen molar-refractivity contribution in [2.45, 2.75) is 24.8 Å². The number of rotatable bonds is 4. The maximum Gasteiger partial charge on any atom is 0.263 e. The van der Waals surface area contributed by atoms with Crippen LogP contribution < -0.4 is 10.5 Å². The van der Waals surface area contributed by atoms with Gasteiger partial charge in [0.2, 0.25) is 10.0 Å². The highest BCUT2D eigenvalue weighted by Gasteiger charge is 2.20. The van der Waals surface area contributed by atoms with Crippen LogP contribution in [0, 0.1) is 6.92 Å². The normalized spacial score (nSPS) is 12.9. The SMILES string of the molecule is Cc1cccc2sc(C(=O)N[C@H](C)c3cccc(S(N)(=O)=O)c3)c(Cl)c12. The number of nitrogens with one attached hydrogen (secondary N) is 1. The van der Waals surface area contributed by atoms with Crippen molar-refractivity contribution in [2.75, 3.05) is 0 Å². The van der Waals surface area contributed by atoms with Crippen LogP contribution in [-0.4, -0.2) is 14.3 Å². The Hall–Kier alpha value is -1.93. The molecule has 1 heterocycles. The van der Waals surface area contributed by atoms with Gasteiger partial charge in [-0.1, -0.05) is 35.9 Å². The Labute approximate surface area is 160 Å². The number of thiophene rings is 1. The number of aryl methyl sites for hydroxylation is 1. The van der Waals surface area contributed by atoms with Gasteiger partial charge in [0, 0.05) is 10.1 Å². The molecule has 0 fully saturated rings. The molecule has 0 aliphatic heterocycles. The van der Waals surface area contributed by atoms with Gasteiger partial charge in [-0.05, 0) is 43.2 Å². The van der Waals surface area contributed by atoms with Crippen molar-refractivity contribution in [3.63, 3.8) is 0 Å². The van der Waals surface area contributed by atoms with E-state index >= 15 is 0 Å². The molecule has 0 radical (unpaired) electrons. The summed E-state index contributed by atoms with van der Waals surface area (Å²) in [5.41, 5.74) is 1.65. The fourth-order valence-electron chi connectivity index (χ4n) is 2.73. The van der Waals surface area contributed by atoms with Crippen LogP contribution in [0.1, 0.15) is 33.8 Å². The zero-order valence-corrected chi connectivity index (χ0v) is 16.5. The van der Waals surface area contributed by atoms with Gasteiger partial charge in [-0.2, -0.15) is 0 Å². The van der Waals surface area contributed by atoms with Gasteiger partial charge in [0.1, 0.15) is 4.88 Å². The molecule has 1 aromatic heterocycles. The van der Waals surface area contributed by atoms with Crippen molar-refractivity contribution < 1.29 is 13.2 Å². The molecule has 1 atom stereocenters. The zero-order chi connectivity index (χ0) is 19.1. The van der Waals surface area contributed by atoms with Crippen LogP contribution in [-0.2, 0) is 10.0 Å². The molecule has 26 heavy (non-hydrogen) atoms. The smallest absolute Gasteiger partial charge is 0.263 e. The van der Waals surface area contributed by atoms with Crippen molar-refractivity contribution >= 4 is 49.0 Å². The quantitative estimate of drug-likeness (QED) is 0.683. The maximum absolute atomic E-state index is 12.7. The first-order valence-corrected chi connectivity index (χ1v) is 10.5. The number of halogens is 1. The zero-order valence-electron chi connectivity index (χ0n) is 14.1. The highest BCUT2D eigenvalue weighted by Crippen LogP contribution is 2.37. The van der Waals surface area contributed by atoms with Crippen LogP contribution in [0.3, 0.4) is 0 Å². The average molecular weight is 409 g/mol. The van der Waals surface area contributed by atoms with E-state index in [1.165, 1.54) is 23.5 Å². The lowest BCUT2D eigenvalue weighted by molar-refractivity contribution is 0.0944. The maximum atomic E-state index is 12.7. The lowest BCUT2D eigenvalue weighted by Crippen LogP contribution is -2.26. The number of carbonyl (C=O) groups excluding carboxylic acids is 1. The second-order valence-corrected chi connectivity index (χ2v) is 9.00. The molecule has 3 N–H and O–H groups in total. The van der Waals surface area contributed by atoms with Crippen molar-refractivity contribution in [3.8, 4) is 0 Å². The largest absolute Gasteiger partial charge is 0.345 e. The van der Waals surface area contributed by atoms with Gasteiger partial charge in [0.25, 0.3) is 5.91 Å². The van der Waals surface area contributed by atoms with E-state index in [0.29, 0.717) is 15.5 Å². The highest BCUT2D eigenvalue weighted by molar-refractivity contribution is 7.89. The number of sulfonamides is 1. The third-order valence-corrected chi connectivity index (χ3v) is 6.66. The molecule has 3 rings (SSSR count). The second-order valence-electron chi connectivity index (χ2n) is 6.01. The summed E-state index contributed by atoms with van der Waals surface area (Å²) in [6.45, 7) is 3.72. The standard InChI is InChI=1S/C18H17ClN2O3S2/c1-10-5-3-8-14-15(10)16(19)17(25-14)18(22)21-11(2)12-6-4-7-13(9-12)26(20,23)24/h3-9,11H,1-2H3,(H,21,22)(H2,20,23,24)/t11-/m1/s1. The van der Waals surface area contributed by atoms with Crippen molar-refractivity contribution in [3.05, 3.63) is 63.5 Å². The van der Waals surface area contributed by atoms with Gasteiger partial charge >= 0.3 is 0 Å². The first-order valence-electron chi connectivity index (χ1n) is 7.79. The monoisotopic (exact) mass is 408 g/mol. The summed E-state index contributed by atoms with van der Waals surface area (Å²) in [7, 11) is -3.80. The molecule has 0 saturated carbocycles. The summed E-state index contributed by atoms with van der Waals surface area (Å²) >= 11 is 7.76. The second kappa shape index (κ2) is 7.00. The van der Waals surface area contributed by atoms with Crippen LogP contribution in [0.25, 0.3) is 10.1 Å². The van der Waals surface area contributed by atoms with Crippen molar-refractivity contribution in [2.24, 2.45) is 5.14 Å². The molecule has 0 aliphatic carbocycles. The van der Waals surface area contributed by atoms with Gasteiger partial charge in [-0.25, -0.2) is 13.6 Å². The van der Waals surface area contributed by atoms with Crippen LogP contribution in [0.4, 0.5) is 0 Å². The lowest BCUT2D eigenvalue weighted by Gasteiger charge is -2.14. The minimum atomic E-state index is -3.80. The number of benzene rings is 2. The van der Waals surface area contributed by atoms with E-state index in [1.54, 1.807) is 19.1 Å². The molecule has 0 saturated heterocycles. The number of fused-ring (bicyclic) bond motifs is 1. The Morgan fingerprint density at radius 3 is 2.58 bits per heavy atom. The third-order valence-electron chi connectivity index (χ3n) is 4.11. The number of nitrogens with two attached hydrogens (primary N) is 1. The lowest BCUT2D eigenvalue weighted by atomic mass is 10.1. The fourth-order valence-corrected chi connectivity index (χ4v) is 4.88. The van der Waals surface area contributed by atoms with E-state index in [4.69, 9.17) is 16.7 Å². The van der Waals surface area contributed by atoms with Gasteiger partial charge in [-0.3, -0.25) is 4.79 Å². The molecule has 2 aromatic carbocycles. The van der Waals surface area contributed by atoms with Gasteiger partial charge < -0.3 is 5.32 Å². The molecule has 0 spiro atoms. The minimum absolute atomic E-state index is 0.00613. The van der Waals surface area contributed by atoms with Gasteiger partial charge in [-0.15, -0.1) is 11.3 Å². The molecular formula is C18H17ClN2O3S2. The Morgan fingerprint density at radius 1 is 1.23 bits per heavy atom. The van der Waals surface area contributed by atoms with E-state index in [-0.39, 0.29) is 10.8 Å². The summed E-state index contributed by atoms with van der Waals surface area (Å²) in [6.07, 6.45) is 0. The molecular weight excluding hydrogens is 392 g/mol. The summed E-state index contributed by atoms with van der Waals surface area (Å²) in [6, 6.07) is 11.6. The van der Waals surface area contributed by atoms with Gasteiger partial charge in [0.15, 0.2) is 0 Å². The molecule has 1 amide bonds. The average Bonchev–Trinajstić information content (AvgIpc) is 2.92. The Bertz CT molecular complexity index is 1110. The van der Waals surface area contributed by atoms with Crippen LogP contribution in [0.5, 0.6) is 0 Å². The minimum Gasteiger partial charge on any atom is -0.345 e. The number of hydrogen-bond acceptors (Lipinski definition) is 4. The number of carbonyl (C=O) groups is 1. The highest BCUT2D eigenvalue weighted by atomic mass is 35.5. The molecule has 8 heteroatoms. The van der Waals surface area contributed by atoms with Crippen LogP contribution >= 0.6 is 22.9 Å². The molecule has 0 aliphatic rings. The predicted molar refractivity (Wildman–Crippen MR) is 105 cm³/mol. The van der Waals surface area contributed by atoms with Crippen LogP contribution in [0.15, 0.2) is 47.4 Å². The summed E-state index contributed by atoms with van der Waals surface area (Å²) < 4.78 is 24.0. The predicted octanol–water partition coefficient (Wildman–Crippen LogP) is 4.00. The van der Waals surface area contributed by atoms with E-state index in [1.807, 2.05) is 25.1 Å². The van der Waals surface area contributed by atoms with E-state index in [2.05, 4.69) is 5.32 Å². The number of amides is 1. The first-order chi connectivity index (χ1) is 12.2. The molecule has 3 aromatic rings. The topological polar surface area (TPSA) is 89.3 Å². The summed E-state index contributed by atoms with van der Waals surface area (Å²) in [5, 5.41) is 9.35. The Balaban J connectivity index is 1.89. The molecule has 0 bridgehead atoms. The van der Waals surface area contributed by atoms with E-state index in [9.17, 15) is 13.2 Å². The molecule has 5 nitrogen and oxygen atoms in total. The fraction of sp³-hybridized carbons (Fsp3) is 0.167. The Morgan fingerprint density at radius 2 is 1.92 bits per heavy atom. The first kappa shape index (κ1) is 18.8. The number of hydrogen-bond donors (Lipinski definition) is 2. The Kier molecular flexibility index (Phi) is 5.07. The van der Waals surface area contributed by atoms with Crippen molar-refractivity contribution in [1.29, 1.82) is 0 Å². The van der Waals surface area contributed by atoms with Crippen molar-refractivity contribution in [1.82, 2.24) is 5.32 Å². The summed E-state index contributed by atoms with van der Waals surface area (Å²) in [4.78, 5) is 13.1. The molecule has 0 unspecified atom stereocenters. The summed E-state index contributed by atoms with van der Waals surface area (Å²) in [5.74, 6) is -0.302. The number of primary sulfonamides is 1. The van der Waals surface area contributed by atoms with Gasteiger partial charge in [0.05, 0.1) is 16.0 Å². The van der Waals surface area contributed by atoms with E-state index < -0.39 is 16.1 Å². The van der Waals surface area contributed by atoms with Crippen LogP contribution in [0.2, 0.25) is 5.02 Å². The third kappa shape index (κ3) is 3.61.